The first-order chi connectivity index (χ1) is 10.6. The van der Waals surface area contributed by atoms with E-state index in [2.05, 4.69) is 5.32 Å². The molecule has 4 nitrogen and oxygen atoms in total. The number of Topliss-reactive ketones (excluding diaryl/α,β-unsaturated/α-hetero) is 1. The number of aliphatic hydroxyl groups is 1. The summed E-state index contributed by atoms with van der Waals surface area (Å²) < 4.78 is 0. The summed E-state index contributed by atoms with van der Waals surface area (Å²) in [5.74, 6) is -1.29. The highest BCUT2D eigenvalue weighted by Gasteiger charge is 2.34. The third-order valence-corrected chi connectivity index (χ3v) is 3.76. The van der Waals surface area contributed by atoms with E-state index < -0.39 is 11.7 Å². The molecule has 0 aliphatic heterocycles. The quantitative estimate of drug-likeness (QED) is 0.853. The van der Waals surface area contributed by atoms with Gasteiger partial charge in [0.2, 0.25) is 5.78 Å². The fourth-order valence-corrected chi connectivity index (χ4v) is 2.61. The van der Waals surface area contributed by atoms with Gasteiger partial charge in [-0.05, 0) is 18.1 Å². The molecule has 1 aliphatic rings. The molecule has 0 saturated heterocycles. The number of rotatable bonds is 3. The maximum absolute atomic E-state index is 12.4. The second-order valence-corrected chi connectivity index (χ2v) is 5.06. The molecule has 3 rings (SSSR count). The fourth-order valence-electron chi connectivity index (χ4n) is 2.61. The third kappa shape index (κ3) is 2.19. The van der Waals surface area contributed by atoms with E-state index in [1.807, 2.05) is 25.1 Å². The lowest BCUT2D eigenvalue weighted by atomic mass is 10.1. The van der Waals surface area contributed by atoms with Gasteiger partial charge in [-0.2, -0.15) is 0 Å². The third-order valence-electron chi connectivity index (χ3n) is 3.76. The van der Waals surface area contributed by atoms with Crippen molar-refractivity contribution in [1.82, 2.24) is 0 Å². The van der Waals surface area contributed by atoms with Crippen LogP contribution >= 0.6 is 0 Å². The molecule has 2 aromatic carbocycles. The number of hydrogen-bond donors (Lipinski definition) is 2. The minimum atomic E-state index is -0.584. The zero-order valence-corrected chi connectivity index (χ0v) is 12.1. The Labute approximate surface area is 128 Å². The number of anilines is 1. The van der Waals surface area contributed by atoms with E-state index in [-0.39, 0.29) is 11.3 Å². The van der Waals surface area contributed by atoms with E-state index in [9.17, 15) is 14.7 Å². The Morgan fingerprint density at radius 1 is 1.05 bits per heavy atom. The lowest BCUT2D eigenvalue weighted by Crippen LogP contribution is -2.20. The van der Waals surface area contributed by atoms with E-state index in [1.165, 1.54) is 0 Å². The lowest BCUT2D eigenvalue weighted by Gasteiger charge is -2.09. The first-order valence-electron chi connectivity index (χ1n) is 7.10. The number of carbonyl (C=O) groups is 2. The number of benzene rings is 2. The summed E-state index contributed by atoms with van der Waals surface area (Å²) in [6.45, 7) is 1.98. The van der Waals surface area contributed by atoms with Crippen molar-refractivity contribution >= 4 is 23.1 Å². The highest BCUT2D eigenvalue weighted by molar-refractivity contribution is 6.36. The van der Waals surface area contributed by atoms with Crippen LogP contribution in [0.1, 0.15) is 28.4 Å². The summed E-state index contributed by atoms with van der Waals surface area (Å²) >= 11 is 0. The Hall–Kier alpha value is -2.88. The molecule has 2 N–H and O–H groups in total. The fraction of sp³-hybridized carbons (Fsp3) is 0.111. The predicted octanol–water partition coefficient (Wildman–Crippen LogP) is 3.35. The molecule has 1 aliphatic carbocycles. The predicted molar refractivity (Wildman–Crippen MR) is 84.8 cm³/mol. The molecule has 0 fully saturated rings. The van der Waals surface area contributed by atoms with E-state index in [1.54, 1.807) is 30.3 Å². The summed E-state index contributed by atoms with van der Waals surface area (Å²) in [5.41, 5.74) is 2.18. The van der Waals surface area contributed by atoms with Crippen LogP contribution in [-0.4, -0.2) is 16.8 Å². The Balaban J connectivity index is 1.94. The summed E-state index contributed by atoms with van der Waals surface area (Å²) in [6, 6.07) is 14.1. The molecule has 22 heavy (non-hydrogen) atoms. The normalized spacial score (nSPS) is 13.2. The Morgan fingerprint density at radius 2 is 1.68 bits per heavy atom. The number of ketones is 1. The molecule has 0 atom stereocenters. The van der Waals surface area contributed by atoms with Crippen LogP contribution in [0.3, 0.4) is 0 Å². The molecule has 1 amide bonds. The molecule has 0 bridgehead atoms. The second-order valence-electron chi connectivity index (χ2n) is 5.06. The van der Waals surface area contributed by atoms with Crippen molar-refractivity contribution in [2.24, 2.45) is 0 Å². The highest BCUT2D eigenvalue weighted by atomic mass is 16.3. The number of nitrogens with one attached hydrogen (secondary N) is 1. The van der Waals surface area contributed by atoms with Crippen molar-refractivity contribution in [3.05, 3.63) is 70.8 Å². The van der Waals surface area contributed by atoms with Crippen molar-refractivity contribution < 1.29 is 14.7 Å². The van der Waals surface area contributed by atoms with Gasteiger partial charge in [0.25, 0.3) is 5.91 Å². The second kappa shape index (κ2) is 5.48. The van der Waals surface area contributed by atoms with Crippen LogP contribution in [-0.2, 0) is 11.2 Å². The highest BCUT2D eigenvalue weighted by Crippen LogP contribution is 2.31. The van der Waals surface area contributed by atoms with Gasteiger partial charge in [0.1, 0.15) is 11.3 Å². The topological polar surface area (TPSA) is 66.4 Å². The van der Waals surface area contributed by atoms with Gasteiger partial charge in [-0.1, -0.05) is 49.4 Å². The van der Waals surface area contributed by atoms with Crippen LogP contribution < -0.4 is 5.32 Å². The maximum Gasteiger partial charge on any atom is 0.263 e. The van der Waals surface area contributed by atoms with Crippen molar-refractivity contribution in [1.29, 1.82) is 0 Å². The SMILES string of the molecule is CCc1ccccc1NC(=O)C1=C(O)c2ccccc2C1=O. The van der Waals surface area contributed by atoms with Crippen molar-refractivity contribution in [2.45, 2.75) is 13.3 Å². The van der Waals surface area contributed by atoms with E-state index >= 15 is 0 Å². The number of aliphatic hydroxyl groups excluding tert-OH is 1. The van der Waals surface area contributed by atoms with Crippen LogP contribution in [0.25, 0.3) is 5.76 Å². The molecule has 0 heterocycles. The van der Waals surface area contributed by atoms with E-state index in [0.717, 1.165) is 12.0 Å². The summed E-state index contributed by atoms with van der Waals surface area (Å²) in [7, 11) is 0. The first kappa shape index (κ1) is 14.1. The molecular formula is C18H15NO3. The number of aryl methyl sites for hydroxylation is 1. The average molecular weight is 293 g/mol. The molecule has 0 radical (unpaired) electrons. The zero-order valence-electron chi connectivity index (χ0n) is 12.1. The van der Waals surface area contributed by atoms with Gasteiger partial charge >= 0.3 is 0 Å². The Morgan fingerprint density at radius 3 is 2.36 bits per heavy atom. The number of para-hydroxylation sites is 1. The number of amides is 1. The number of hydrogen-bond acceptors (Lipinski definition) is 3. The van der Waals surface area contributed by atoms with Crippen LogP contribution in [0.4, 0.5) is 5.69 Å². The van der Waals surface area contributed by atoms with Gasteiger partial charge < -0.3 is 10.4 Å². The first-order valence-corrected chi connectivity index (χ1v) is 7.10. The number of carbonyl (C=O) groups excluding carboxylic acids is 2. The monoisotopic (exact) mass is 293 g/mol. The van der Waals surface area contributed by atoms with Crippen LogP contribution in [0.15, 0.2) is 54.1 Å². The van der Waals surface area contributed by atoms with Gasteiger partial charge in [0, 0.05) is 16.8 Å². The summed E-state index contributed by atoms with van der Waals surface area (Å²) in [4.78, 5) is 24.7. The molecule has 0 aromatic heterocycles. The number of fused-ring (bicyclic) bond motifs is 1. The summed E-state index contributed by atoms with van der Waals surface area (Å²) in [6.07, 6.45) is 0.760. The Kier molecular flexibility index (Phi) is 3.51. The van der Waals surface area contributed by atoms with Crippen molar-refractivity contribution in [3.8, 4) is 0 Å². The van der Waals surface area contributed by atoms with E-state index in [4.69, 9.17) is 0 Å². The smallest absolute Gasteiger partial charge is 0.263 e. The van der Waals surface area contributed by atoms with Gasteiger partial charge in [-0.15, -0.1) is 0 Å². The Bertz CT molecular complexity index is 805. The molecular weight excluding hydrogens is 278 g/mol. The van der Waals surface area contributed by atoms with Gasteiger partial charge in [-0.25, -0.2) is 0 Å². The molecule has 0 saturated carbocycles. The molecule has 0 unspecified atom stereocenters. The van der Waals surface area contributed by atoms with E-state index in [0.29, 0.717) is 16.8 Å². The molecule has 0 spiro atoms. The minimum Gasteiger partial charge on any atom is -0.506 e. The van der Waals surface area contributed by atoms with Gasteiger partial charge in [0.15, 0.2) is 0 Å². The molecule has 2 aromatic rings. The lowest BCUT2D eigenvalue weighted by molar-refractivity contribution is -0.112. The molecule has 110 valence electrons. The van der Waals surface area contributed by atoms with Crippen LogP contribution in [0, 0.1) is 0 Å². The average Bonchev–Trinajstić information content (AvgIpc) is 2.80. The van der Waals surface area contributed by atoms with Crippen molar-refractivity contribution in [2.75, 3.05) is 5.32 Å². The molecule has 4 heteroatoms. The largest absolute Gasteiger partial charge is 0.506 e. The van der Waals surface area contributed by atoms with Crippen LogP contribution in [0.5, 0.6) is 0 Å². The standard InChI is InChI=1S/C18H15NO3/c1-2-11-7-3-6-10-14(11)19-18(22)15-16(20)12-8-4-5-9-13(12)17(15)21/h3-10,20H,2H2,1H3,(H,19,22). The minimum absolute atomic E-state index is 0.202. The van der Waals surface area contributed by atoms with Gasteiger partial charge in [0.05, 0.1) is 0 Å². The van der Waals surface area contributed by atoms with Gasteiger partial charge in [-0.3, -0.25) is 9.59 Å². The zero-order chi connectivity index (χ0) is 15.7. The van der Waals surface area contributed by atoms with Crippen molar-refractivity contribution in [3.63, 3.8) is 0 Å². The summed E-state index contributed by atoms with van der Waals surface area (Å²) in [5, 5.41) is 12.9. The maximum atomic E-state index is 12.4. The van der Waals surface area contributed by atoms with Crippen LogP contribution in [0.2, 0.25) is 0 Å².